The van der Waals surface area contributed by atoms with Gasteiger partial charge in [-0.2, -0.15) is 0 Å². The highest BCUT2D eigenvalue weighted by Gasteiger charge is 2.40. The summed E-state index contributed by atoms with van der Waals surface area (Å²) in [5, 5.41) is 38.3. The summed E-state index contributed by atoms with van der Waals surface area (Å²) in [6.07, 6.45) is -1.24. The third kappa shape index (κ3) is 4.15. The van der Waals surface area contributed by atoms with Crippen LogP contribution in [0.25, 0.3) is 0 Å². The summed E-state index contributed by atoms with van der Waals surface area (Å²) in [4.78, 5) is 1.80. The molecule has 18 heavy (non-hydrogen) atoms. The Morgan fingerprint density at radius 2 is 1.78 bits per heavy atom. The van der Waals surface area contributed by atoms with Crippen LogP contribution < -0.4 is 0 Å². The molecule has 1 heterocycles. The predicted octanol–water partition coefficient (Wildman–Crippen LogP) is -0.821. The van der Waals surface area contributed by atoms with E-state index in [0.717, 1.165) is 0 Å². The molecule has 1 saturated heterocycles. The molecule has 106 valence electrons. The quantitative estimate of drug-likeness (QED) is 0.504. The molecule has 0 aromatic heterocycles. The largest absolute Gasteiger partial charge is 0.395 e. The van der Waals surface area contributed by atoms with Gasteiger partial charge in [-0.05, 0) is 0 Å². The fourth-order valence-electron chi connectivity index (χ4n) is 2.13. The molecule has 1 fully saturated rings. The van der Waals surface area contributed by atoms with E-state index >= 15 is 0 Å². The normalized spacial score (nSPS) is 35.3. The second kappa shape index (κ2) is 6.27. The van der Waals surface area contributed by atoms with Gasteiger partial charge in [-0.3, -0.25) is 4.90 Å². The van der Waals surface area contributed by atoms with Crippen LogP contribution in [0.4, 0.5) is 0 Å². The molecule has 6 heteroatoms. The average molecular weight is 275 g/mol. The number of hydrogen-bond acceptors (Lipinski definition) is 5. The number of hydrogen-bond donors (Lipinski definition) is 4. The minimum Gasteiger partial charge on any atom is -0.395 e. The number of piperidine rings is 1. The van der Waals surface area contributed by atoms with E-state index in [2.05, 4.69) is 25.3 Å². The standard InChI is InChI=1S/C12H25NO4Si/c1-18(2,3)6-4-5-13-7-10(15)12(17)11(16)9(13)8-14/h4,6,9-12,14-17H,5,7-8H2,1-3H3/b6-4+/t9?,10-,11+,12+/m0/s1. The summed E-state index contributed by atoms with van der Waals surface area (Å²) >= 11 is 0. The van der Waals surface area contributed by atoms with Gasteiger partial charge < -0.3 is 20.4 Å². The van der Waals surface area contributed by atoms with Crippen molar-refractivity contribution >= 4 is 8.07 Å². The third-order valence-corrected chi connectivity index (χ3v) is 4.41. The van der Waals surface area contributed by atoms with Gasteiger partial charge in [0.1, 0.15) is 12.2 Å². The third-order valence-electron chi connectivity index (χ3n) is 3.17. The van der Waals surface area contributed by atoms with Gasteiger partial charge in [0, 0.05) is 13.1 Å². The van der Waals surface area contributed by atoms with Gasteiger partial charge in [-0.25, -0.2) is 0 Å². The fraction of sp³-hybridized carbons (Fsp3) is 0.833. The first kappa shape index (κ1) is 15.8. The molecule has 0 amide bonds. The van der Waals surface area contributed by atoms with E-state index in [9.17, 15) is 20.4 Å². The van der Waals surface area contributed by atoms with Crippen molar-refractivity contribution in [3.8, 4) is 0 Å². The molecule has 4 atom stereocenters. The van der Waals surface area contributed by atoms with Crippen molar-refractivity contribution in [2.45, 2.75) is 44.0 Å². The number of nitrogens with zero attached hydrogens (tertiary/aromatic N) is 1. The van der Waals surface area contributed by atoms with Gasteiger partial charge in [0.15, 0.2) is 0 Å². The minimum absolute atomic E-state index is 0.230. The highest BCUT2D eigenvalue weighted by Crippen LogP contribution is 2.18. The van der Waals surface area contributed by atoms with Crippen LogP contribution in [0.15, 0.2) is 11.8 Å². The van der Waals surface area contributed by atoms with Crippen LogP contribution in [0.2, 0.25) is 19.6 Å². The Bertz CT molecular complexity index is 292. The van der Waals surface area contributed by atoms with Crippen molar-refractivity contribution < 1.29 is 20.4 Å². The molecule has 1 aliphatic heterocycles. The molecule has 5 nitrogen and oxygen atoms in total. The molecule has 1 unspecified atom stereocenters. The van der Waals surface area contributed by atoms with E-state index in [-0.39, 0.29) is 13.2 Å². The van der Waals surface area contributed by atoms with Crippen LogP contribution in [0.5, 0.6) is 0 Å². The zero-order valence-electron chi connectivity index (χ0n) is 11.3. The summed E-state index contributed by atoms with van der Waals surface area (Å²) in [5.74, 6) is 0. The van der Waals surface area contributed by atoms with Crippen LogP contribution >= 0.6 is 0 Å². The Kier molecular flexibility index (Phi) is 5.51. The molecule has 0 aromatic carbocycles. The molecular weight excluding hydrogens is 250 g/mol. The summed E-state index contributed by atoms with van der Waals surface area (Å²) < 4.78 is 0. The molecule has 0 bridgehead atoms. The maximum Gasteiger partial charge on any atom is 0.109 e. The lowest BCUT2D eigenvalue weighted by Crippen LogP contribution is -2.62. The van der Waals surface area contributed by atoms with E-state index in [0.29, 0.717) is 6.54 Å². The van der Waals surface area contributed by atoms with Crippen molar-refractivity contribution in [2.75, 3.05) is 19.7 Å². The first-order valence-corrected chi connectivity index (χ1v) is 9.91. The fourth-order valence-corrected chi connectivity index (χ4v) is 2.94. The maximum atomic E-state index is 9.81. The Balaban J connectivity index is 2.66. The lowest BCUT2D eigenvalue weighted by molar-refractivity contribution is -0.142. The van der Waals surface area contributed by atoms with Crippen molar-refractivity contribution in [3.63, 3.8) is 0 Å². The van der Waals surface area contributed by atoms with E-state index in [4.69, 9.17) is 0 Å². The molecule has 1 rings (SSSR count). The second-order valence-corrected chi connectivity index (χ2v) is 11.1. The van der Waals surface area contributed by atoms with Gasteiger partial charge >= 0.3 is 0 Å². The van der Waals surface area contributed by atoms with Crippen molar-refractivity contribution in [2.24, 2.45) is 0 Å². The Morgan fingerprint density at radius 3 is 2.28 bits per heavy atom. The molecule has 0 saturated carbocycles. The summed E-state index contributed by atoms with van der Waals surface area (Å²) in [7, 11) is -1.27. The monoisotopic (exact) mass is 275 g/mol. The molecule has 0 spiro atoms. The first-order valence-electron chi connectivity index (χ1n) is 6.33. The first-order chi connectivity index (χ1) is 8.26. The molecule has 0 aromatic rings. The molecule has 4 N–H and O–H groups in total. The Hall–Kier alpha value is -0.243. The predicted molar refractivity (Wildman–Crippen MR) is 73.0 cm³/mol. The maximum absolute atomic E-state index is 9.81. The zero-order valence-corrected chi connectivity index (χ0v) is 12.3. The lowest BCUT2D eigenvalue weighted by atomic mass is 9.94. The molecule has 0 aliphatic carbocycles. The number of aliphatic hydroxyl groups is 4. The van der Waals surface area contributed by atoms with Crippen LogP contribution in [0, 0.1) is 0 Å². The van der Waals surface area contributed by atoms with E-state index in [1.54, 1.807) is 4.90 Å². The SMILES string of the molecule is C[Si](C)(C)/C=C/CN1C[C@H](O)[C@@H](O)[C@H](O)C1CO. The summed E-state index contributed by atoms with van der Waals surface area (Å²) in [6.45, 7) is 7.26. The van der Waals surface area contributed by atoms with Crippen molar-refractivity contribution in [1.29, 1.82) is 0 Å². The van der Waals surface area contributed by atoms with Gasteiger partial charge in [-0.1, -0.05) is 31.4 Å². The van der Waals surface area contributed by atoms with Gasteiger partial charge in [0.25, 0.3) is 0 Å². The zero-order chi connectivity index (χ0) is 13.9. The average Bonchev–Trinajstić information content (AvgIpc) is 2.25. The topological polar surface area (TPSA) is 84.2 Å². The lowest BCUT2D eigenvalue weighted by Gasteiger charge is -2.42. The van der Waals surface area contributed by atoms with Crippen molar-refractivity contribution in [3.05, 3.63) is 11.8 Å². The van der Waals surface area contributed by atoms with Gasteiger partial charge in [-0.15, -0.1) is 0 Å². The van der Waals surface area contributed by atoms with Gasteiger partial charge in [0.05, 0.1) is 26.8 Å². The van der Waals surface area contributed by atoms with Gasteiger partial charge in [0.2, 0.25) is 0 Å². The Labute approximate surface area is 109 Å². The highest BCUT2D eigenvalue weighted by molar-refractivity contribution is 6.80. The van der Waals surface area contributed by atoms with Crippen LogP contribution in [-0.4, -0.2) is 77.5 Å². The van der Waals surface area contributed by atoms with E-state index < -0.39 is 32.4 Å². The smallest absolute Gasteiger partial charge is 0.109 e. The van der Waals surface area contributed by atoms with Crippen LogP contribution in [-0.2, 0) is 0 Å². The van der Waals surface area contributed by atoms with Crippen LogP contribution in [0.1, 0.15) is 0 Å². The second-order valence-electron chi connectivity index (χ2n) is 6.02. The van der Waals surface area contributed by atoms with Crippen molar-refractivity contribution in [1.82, 2.24) is 4.90 Å². The molecule has 1 aliphatic rings. The highest BCUT2D eigenvalue weighted by atomic mass is 28.3. The van der Waals surface area contributed by atoms with Crippen LogP contribution in [0.3, 0.4) is 0 Å². The minimum atomic E-state index is -1.27. The van der Waals surface area contributed by atoms with E-state index in [1.807, 2.05) is 6.08 Å². The number of rotatable bonds is 4. The van der Waals surface area contributed by atoms with E-state index in [1.165, 1.54) is 0 Å². The Morgan fingerprint density at radius 1 is 1.17 bits per heavy atom. The molecular formula is C12H25NO4Si. The molecule has 0 radical (unpaired) electrons. The number of likely N-dealkylation sites (tertiary alicyclic amines) is 1. The summed E-state index contributed by atoms with van der Waals surface area (Å²) in [5.41, 5.74) is 2.19. The summed E-state index contributed by atoms with van der Waals surface area (Å²) in [6, 6.07) is -0.519. The number of aliphatic hydroxyl groups excluding tert-OH is 4. The number of β-amino-alcohol motifs (C(OH)–C–C–N with tert-alkyl or cyclic N) is 1.